The predicted molar refractivity (Wildman–Crippen MR) is 125 cm³/mol. The lowest BCUT2D eigenvalue weighted by Gasteiger charge is -2.39. The fourth-order valence-corrected chi connectivity index (χ4v) is 5.32. The lowest BCUT2D eigenvalue weighted by Crippen LogP contribution is -2.46. The van der Waals surface area contributed by atoms with Gasteiger partial charge < -0.3 is 15.5 Å². The Kier molecular flexibility index (Phi) is 8.24. The Morgan fingerprint density at radius 2 is 2.13 bits per heavy atom. The SMILES string of the molecule is CN=C(NCC1CCCN(C)C1c1cccs1)NCC(c1cccc(F)c1)N(C)C. The van der Waals surface area contributed by atoms with Crippen molar-refractivity contribution in [3.63, 3.8) is 0 Å². The zero-order valence-electron chi connectivity index (χ0n) is 18.4. The Bertz CT molecular complexity index is 808. The molecule has 0 saturated carbocycles. The van der Waals surface area contributed by atoms with Gasteiger partial charge in [-0.1, -0.05) is 18.2 Å². The maximum Gasteiger partial charge on any atom is 0.191 e. The van der Waals surface area contributed by atoms with Crippen LogP contribution in [0.25, 0.3) is 0 Å². The summed E-state index contributed by atoms with van der Waals surface area (Å²) < 4.78 is 13.7. The van der Waals surface area contributed by atoms with Gasteiger partial charge in [0.05, 0.1) is 6.04 Å². The van der Waals surface area contributed by atoms with Crippen LogP contribution in [0.2, 0.25) is 0 Å². The number of guanidine groups is 1. The van der Waals surface area contributed by atoms with Crippen molar-refractivity contribution >= 4 is 17.3 Å². The zero-order chi connectivity index (χ0) is 21.5. The molecule has 3 atom stereocenters. The molecule has 3 rings (SSSR count). The number of benzene rings is 1. The van der Waals surface area contributed by atoms with Crippen LogP contribution in [0.4, 0.5) is 4.39 Å². The van der Waals surface area contributed by atoms with E-state index in [0.717, 1.165) is 24.6 Å². The van der Waals surface area contributed by atoms with Crippen molar-refractivity contribution in [1.29, 1.82) is 0 Å². The first-order valence-electron chi connectivity index (χ1n) is 10.6. The van der Waals surface area contributed by atoms with E-state index in [1.165, 1.54) is 23.8 Å². The Balaban J connectivity index is 1.59. The van der Waals surface area contributed by atoms with Gasteiger partial charge in [0.15, 0.2) is 5.96 Å². The van der Waals surface area contributed by atoms with E-state index in [0.29, 0.717) is 18.5 Å². The van der Waals surface area contributed by atoms with E-state index >= 15 is 0 Å². The van der Waals surface area contributed by atoms with Crippen LogP contribution in [0.15, 0.2) is 46.8 Å². The van der Waals surface area contributed by atoms with Crippen molar-refractivity contribution in [2.45, 2.75) is 24.9 Å². The van der Waals surface area contributed by atoms with E-state index in [1.54, 1.807) is 19.2 Å². The fourth-order valence-electron chi connectivity index (χ4n) is 4.34. The Hall–Kier alpha value is -1.96. The highest BCUT2D eigenvalue weighted by atomic mass is 32.1. The molecule has 3 unspecified atom stereocenters. The average Bonchev–Trinajstić information content (AvgIpc) is 3.24. The van der Waals surface area contributed by atoms with Crippen molar-refractivity contribution in [2.24, 2.45) is 10.9 Å². The Labute approximate surface area is 184 Å². The number of aliphatic imine (C=N–C) groups is 1. The third-order valence-corrected chi connectivity index (χ3v) is 6.86. The van der Waals surface area contributed by atoms with Gasteiger partial charge in [-0.3, -0.25) is 9.89 Å². The van der Waals surface area contributed by atoms with Crippen molar-refractivity contribution in [1.82, 2.24) is 20.4 Å². The summed E-state index contributed by atoms with van der Waals surface area (Å²) in [5, 5.41) is 9.13. The average molecular weight is 432 g/mol. The lowest BCUT2D eigenvalue weighted by atomic mass is 9.88. The first-order valence-corrected chi connectivity index (χ1v) is 11.5. The van der Waals surface area contributed by atoms with Crippen LogP contribution in [-0.2, 0) is 0 Å². The second-order valence-corrected chi connectivity index (χ2v) is 9.19. The van der Waals surface area contributed by atoms with Crippen LogP contribution in [0.1, 0.15) is 35.4 Å². The highest BCUT2D eigenvalue weighted by molar-refractivity contribution is 7.10. The molecule has 7 heteroatoms. The van der Waals surface area contributed by atoms with Gasteiger partial charge in [-0.2, -0.15) is 0 Å². The molecule has 2 heterocycles. The van der Waals surface area contributed by atoms with E-state index in [2.05, 4.69) is 50.0 Å². The van der Waals surface area contributed by atoms with Crippen LogP contribution in [0, 0.1) is 11.7 Å². The smallest absolute Gasteiger partial charge is 0.191 e. The standard InChI is InChI=1S/C23H34FN5S/c1-25-23(27-16-20(28(2)3)17-8-5-10-19(24)14-17)26-15-18-9-6-12-29(4)22(18)21-11-7-13-30-21/h5,7-8,10-11,13-14,18,20,22H,6,9,12,15-16H2,1-4H3,(H2,25,26,27). The number of hydrogen-bond donors (Lipinski definition) is 2. The van der Waals surface area contributed by atoms with Crippen molar-refractivity contribution < 1.29 is 4.39 Å². The summed E-state index contributed by atoms with van der Waals surface area (Å²) in [5.74, 6) is 1.12. The van der Waals surface area contributed by atoms with E-state index in [4.69, 9.17) is 0 Å². The molecule has 164 valence electrons. The highest BCUT2D eigenvalue weighted by Crippen LogP contribution is 2.36. The highest BCUT2D eigenvalue weighted by Gasteiger charge is 2.31. The molecule has 2 N–H and O–H groups in total. The summed E-state index contributed by atoms with van der Waals surface area (Å²) in [4.78, 5) is 10.4. The number of hydrogen-bond acceptors (Lipinski definition) is 4. The van der Waals surface area contributed by atoms with Gasteiger partial charge in [0.25, 0.3) is 0 Å². The summed E-state index contributed by atoms with van der Waals surface area (Å²) >= 11 is 1.84. The molecular weight excluding hydrogens is 397 g/mol. The Morgan fingerprint density at radius 1 is 1.30 bits per heavy atom. The molecule has 1 fully saturated rings. The molecule has 1 aliphatic rings. The van der Waals surface area contributed by atoms with E-state index in [1.807, 2.05) is 31.5 Å². The van der Waals surface area contributed by atoms with Crippen LogP contribution >= 0.6 is 11.3 Å². The fraction of sp³-hybridized carbons (Fsp3) is 0.522. The van der Waals surface area contributed by atoms with E-state index in [9.17, 15) is 4.39 Å². The van der Waals surface area contributed by atoms with Crippen molar-refractivity contribution in [2.75, 3.05) is 47.8 Å². The van der Waals surface area contributed by atoms with Crippen LogP contribution in [-0.4, -0.2) is 63.6 Å². The molecular formula is C23H34FN5S. The largest absolute Gasteiger partial charge is 0.356 e. The predicted octanol–water partition coefficient (Wildman–Crippen LogP) is 3.74. The number of nitrogens with zero attached hydrogens (tertiary/aromatic N) is 3. The first-order chi connectivity index (χ1) is 14.5. The number of likely N-dealkylation sites (N-methyl/N-ethyl adjacent to an activating group) is 1. The third-order valence-electron chi connectivity index (χ3n) is 5.92. The van der Waals surface area contributed by atoms with Crippen LogP contribution < -0.4 is 10.6 Å². The minimum Gasteiger partial charge on any atom is -0.356 e. The first kappa shape index (κ1) is 22.7. The maximum atomic E-state index is 13.7. The number of thiophene rings is 1. The summed E-state index contributed by atoms with van der Waals surface area (Å²) in [5.41, 5.74) is 0.953. The summed E-state index contributed by atoms with van der Waals surface area (Å²) in [6.45, 7) is 2.67. The second-order valence-electron chi connectivity index (χ2n) is 8.21. The van der Waals surface area contributed by atoms with Gasteiger partial charge in [-0.25, -0.2) is 4.39 Å². The lowest BCUT2D eigenvalue weighted by molar-refractivity contribution is 0.125. The zero-order valence-corrected chi connectivity index (χ0v) is 19.3. The summed E-state index contributed by atoms with van der Waals surface area (Å²) in [7, 11) is 8.05. The van der Waals surface area contributed by atoms with Gasteiger partial charge in [0, 0.05) is 31.1 Å². The molecule has 30 heavy (non-hydrogen) atoms. The van der Waals surface area contributed by atoms with Gasteiger partial charge in [0.1, 0.15) is 5.82 Å². The second kappa shape index (κ2) is 10.9. The summed E-state index contributed by atoms with van der Waals surface area (Å²) in [6.07, 6.45) is 2.43. The molecule has 0 aliphatic carbocycles. The molecule has 5 nitrogen and oxygen atoms in total. The molecule has 2 aromatic rings. The number of rotatable bonds is 7. The maximum absolute atomic E-state index is 13.7. The molecule has 1 saturated heterocycles. The molecule has 0 radical (unpaired) electrons. The molecule has 1 aromatic heterocycles. The van der Waals surface area contributed by atoms with Gasteiger partial charge in [-0.15, -0.1) is 11.3 Å². The number of halogens is 1. The molecule has 1 aliphatic heterocycles. The molecule has 1 aromatic carbocycles. The Morgan fingerprint density at radius 3 is 2.80 bits per heavy atom. The van der Waals surface area contributed by atoms with Crippen LogP contribution in [0.3, 0.4) is 0 Å². The van der Waals surface area contributed by atoms with E-state index < -0.39 is 0 Å². The molecule has 0 spiro atoms. The quantitative estimate of drug-likeness (QED) is 0.518. The number of piperidine rings is 1. The van der Waals surface area contributed by atoms with Crippen molar-refractivity contribution in [3.8, 4) is 0 Å². The van der Waals surface area contributed by atoms with Gasteiger partial charge >= 0.3 is 0 Å². The minimum absolute atomic E-state index is 0.0546. The van der Waals surface area contributed by atoms with Crippen molar-refractivity contribution in [3.05, 3.63) is 58.0 Å². The van der Waals surface area contributed by atoms with Gasteiger partial charge in [0.2, 0.25) is 0 Å². The number of nitrogens with one attached hydrogen (secondary N) is 2. The monoisotopic (exact) mass is 431 g/mol. The minimum atomic E-state index is -0.206. The van der Waals surface area contributed by atoms with E-state index in [-0.39, 0.29) is 11.9 Å². The topological polar surface area (TPSA) is 42.9 Å². The number of likely N-dealkylation sites (tertiary alicyclic amines) is 1. The molecule has 0 amide bonds. The third kappa shape index (κ3) is 5.80. The summed E-state index contributed by atoms with van der Waals surface area (Å²) in [6, 6.07) is 11.7. The van der Waals surface area contributed by atoms with Crippen LogP contribution in [0.5, 0.6) is 0 Å². The molecule has 0 bridgehead atoms. The van der Waals surface area contributed by atoms with Gasteiger partial charge in [-0.05, 0) is 75.6 Å². The normalized spacial score (nSPS) is 21.6.